The van der Waals surface area contributed by atoms with E-state index in [1.54, 1.807) is 0 Å². The van der Waals surface area contributed by atoms with Gasteiger partial charge in [0.25, 0.3) is 5.91 Å². The predicted molar refractivity (Wildman–Crippen MR) is 90.1 cm³/mol. The summed E-state index contributed by atoms with van der Waals surface area (Å²) in [7, 11) is 0. The Balaban J connectivity index is 1.85. The van der Waals surface area contributed by atoms with Crippen molar-refractivity contribution in [2.24, 2.45) is 0 Å². The summed E-state index contributed by atoms with van der Waals surface area (Å²) in [6, 6.07) is 16.1. The molecule has 1 amide bonds. The Morgan fingerprint density at radius 2 is 1.82 bits per heavy atom. The zero-order valence-electron chi connectivity index (χ0n) is 13.1. The van der Waals surface area contributed by atoms with Crippen molar-refractivity contribution < 1.29 is 4.79 Å². The number of carbonyl (C=O) groups excluding carboxylic acids is 1. The molecule has 112 valence electrons. The van der Waals surface area contributed by atoms with Crippen LogP contribution in [-0.2, 0) is 0 Å². The molecular formula is C19H20N2O. The van der Waals surface area contributed by atoms with Crippen LogP contribution in [0.25, 0.3) is 10.9 Å². The minimum Gasteiger partial charge on any atom is -0.351 e. The molecule has 0 spiro atoms. The molecule has 0 saturated carbocycles. The van der Waals surface area contributed by atoms with Gasteiger partial charge in [0.1, 0.15) is 5.69 Å². The molecule has 22 heavy (non-hydrogen) atoms. The molecule has 0 fully saturated rings. The first-order valence-electron chi connectivity index (χ1n) is 7.50. The fourth-order valence-corrected chi connectivity index (χ4v) is 2.82. The van der Waals surface area contributed by atoms with Crippen molar-refractivity contribution in [1.29, 1.82) is 0 Å². The van der Waals surface area contributed by atoms with Gasteiger partial charge in [-0.25, -0.2) is 0 Å². The molecule has 0 radical (unpaired) electrons. The fraction of sp³-hybridized carbons (Fsp3) is 0.211. The minimum absolute atomic E-state index is 0.0251. The normalized spacial score (nSPS) is 12.3. The summed E-state index contributed by atoms with van der Waals surface area (Å²) in [6.45, 7) is 6.12. The van der Waals surface area contributed by atoms with E-state index in [1.165, 1.54) is 11.1 Å². The van der Waals surface area contributed by atoms with Crippen LogP contribution in [0.4, 0.5) is 0 Å². The van der Waals surface area contributed by atoms with E-state index in [1.807, 2.05) is 43.3 Å². The molecule has 0 aliphatic rings. The van der Waals surface area contributed by atoms with Crippen LogP contribution in [-0.4, -0.2) is 10.9 Å². The number of nitrogens with one attached hydrogen (secondary N) is 2. The zero-order valence-corrected chi connectivity index (χ0v) is 13.1. The van der Waals surface area contributed by atoms with Crippen LogP contribution >= 0.6 is 0 Å². The second kappa shape index (κ2) is 5.68. The Hall–Kier alpha value is -2.55. The van der Waals surface area contributed by atoms with Crippen LogP contribution in [0.5, 0.6) is 0 Å². The molecule has 0 aliphatic heterocycles. The number of fused-ring (bicyclic) bond motifs is 1. The molecule has 0 saturated heterocycles. The van der Waals surface area contributed by atoms with Crippen LogP contribution in [0, 0.1) is 13.8 Å². The van der Waals surface area contributed by atoms with Crippen LogP contribution in [0.3, 0.4) is 0 Å². The predicted octanol–water partition coefficient (Wildman–Crippen LogP) is 4.28. The molecule has 3 heteroatoms. The van der Waals surface area contributed by atoms with Crippen LogP contribution < -0.4 is 5.32 Å². The number of aromatic nitrogens is 1. The average Bonchev–Trinajstić information content (AvgIpc) is 2.92. The summed E-state index contributed by atoms with van der Waals surface area (Å²) >= 11 is 0. The summed E-state index contributed by atoms with van der Waals surface area (Å²) in [6.07, 6.45) is 0. The van der Waals surface area contributed by atoms with E-state index in [4.69, 9.17) is 0 Å². The van der Waals surface area contributed by atoms with E-state index >= 15 is 0 Å². The maximum Gasteiger partial charge on any atom is 0.268 e. The summed E-state index contributed by atoms with van der Waals surface area (Å²) in [5.74, 6) is -0.0791. The number of hydrogen-bond acceptors (Lipinski definition) is 1. The molecule has 0 aliphatic carbocycles. The Morgan fingerprint density at radius 3 is 2.55 bits per heavy atom. The molecular weight excluding hydrogens is 272 g/mol. The van der Waals surface area contributed by atoms with Gasteiger partial charge in [0.05, 0.1) is 6.04 Å². The topological polar surface area (TPSA) is 44.9 Å². The van der Waals surface area contributed by atoms with Gasteiger partial charge in [0.2, 0.25) is 0 Å². The highest BCUT2D eigenvalue weighted by Gasteiger charge is 2.14. The van der Waals surface area contributed by atoms with Gasteiger partial charge in [-0.15, -0.1) is 0 Å². The van der Waals surface area contributed by atoms with Crippen molar-refractivity contribution in [3.63, 3.8) is 0 Å². The van der Waals surface area contributed by atoms with Crippen molar-refractivity contribution >= 4 is 16.8 Å². The second-order valence-electron chi connectivity index (χ2n) is 5.83. The number of carbonyl (C=O) groups is 1. The highest BCUT2D eigenvalue weighted by molar-refractivity contribution is 5.99. The van der Waals surface area contributed by atoms with E-state index < -0.39 is 0 Å². The lowest BCUT2D eigenvalue weighted by molar-refractivity contribution is 0.0935. The van der Waals surface area contributed by atoms with Crippen molar-refractivity contribution in [1.82, 2.24) is 10.3 Å². The van der Waals surface area contributed by atoms with Gasteiger partial charge in [0.15, 0.2) is 0 Å². The third-order valence-corrected chi connectivity index (χ3v) is 3.98. The second-order valence-corrected chi connectivity index (χ2v) is 5.83. The fourth-order valence-electron chi connectivity index (χ4n) is 2.82. The summed E-state index contributed by atoms with van der Waals surface area (Å²) < 4.78 is 0. The monoisotopic (exact) mass is 292 g/mol. The summed E-state index contributed by atoms with van der Waals surface area (Å²) in [4.78, 5) is 15.7. The SMILES string of the molecule is Cc1cc(C)c2cc(C(=O)NC(C)c3ccccc3)[nH]c2c1. The first kappa shape index (κ1) is 14.4. The largest absolute Gasteiger partial charge is 0.351 e. The van der Waals surface area contributed by atoms with E-state index in [9.17, 15) is 4.79 Å². The van der Waals surface area contributed by atoms with Crippen molar-refractivity contribution in [3.05, 3.63) is 70.9 Å². The van der Waals surface area contributed by atoms with Gasteiger partial charge in [-0.1, -0.05) is 36.4 Å². The number of aryl methyl sites for hydroxylation is 2. The first-order valence-corrected chi connectivity index (χ1v) is 7.50. The minimum atomic E-state index is -0.0791. The number of benzene rings is 2. The third-order valence-electron chi connectivity index (χ3n) is 3.98. The van der Waals surface area contributed by atoms with Crippen molar-refractivity contribution in [3.8, 4) is 0 Å². The van der Waals surface area contributed by atoms with Gasteiger partial charge < -0.3 is 10.3 Å². The van der Waals surface area contributed by atoms with Gasteiger partial charge >= 0.3 is 0 Å². The highest BCUT2D eigenvalue weighted by Crippen LogP contribution is 2.22. The number of rotatable bonds is 3. The Labute approximate surface area is 130 Å². The quantitative estimate of drug-likeness (QED) is 0.743. The van der Waals surface area contributed by atoms with Crippen molar-refractivity contribution in [2.45, 2.75) is 26.8 Å². The number of H-pyrrole nitrogens is 1. The van der Waals surface area contributed by atoms with Crippen molar-refractivity contribution in [2.75, 3.05) is 0 Å². The Kier molecular flexibility index (Phi) is 3.72. The molecule has 1 heterocycles. The highest BCUT2D eigenvalue weighted by atomic mass is 16.1. The molecule has 3 aromatic rings. The van der Waals surface area contributed by atoms with E-state index in [-0.39, 0.29) is 11.9 Å². The van der Waals surface area contributed by atoms with E-state index in [0.29, 0.717) is 5.69 Å². The van der Waals surface area contributed by atoms with Gasteiger partial charge in [-0.05, 0) is 49.6 Å². The van der Waals surface area contributed by atoms with E-state index in [0.717, 1.165) is 16.5 Å². The smallest absolute Gasteiger partial charge is 0.268 e. The first-order chi connectivity index (χ1) is 10.5. The van der Waals surface area contributed by atoms with Crippen LogP contribution in [0.15, 0.2) is 48.5 Å². The Bertz CT molecular complexity index is 818. The van der Waals surface area contributed by atoms with Gasteiger partial charge in [-0.3, -0.25) is 4.79 Å². The number of hydrogen-bond donors (Lipinski definition) is 2. The average molecular weight is 292 g/mol. The standard InChI is InChI=1S/C19H20N2O/c1-12-9-13(2)16-11-18(21-17(16)10-12)19(22)20-14(3)15-7-5-4-6-8-15/h4-11,14,21H,1-3H3,(H,20,22). The number of aromatic amines is 1. The third kappa shape index (κ3) is 2.75. The van der Waals surface area contributed by atoms with Crippen LogP contribution in [0.1, 0.15) is 40.1 Å². The van der Waals surface area contributed by atoms with Gasteiger partial charge in [0, 0.05) is 10.9 Å². The van der Waals surface area contributed by atoms with Gasteiger partial charge in [-0.2, -0.15) is 0 Å². The summed E-state index contributed by atoms with van der Waals surface area (Å²) in [5.41, 5.74) is 5.08. The molecule has 1 aromatic heterocycles. The molecule has 2 N–H and O–H groups in total. The lowest BCUT2D eigenvalue weighted by atomic mass is 10.1. The lowest BCUT2D eigenvalue weighted by Gasteiger charge is -2.13. The lowest BCUT2D eigenvalue weighted by Crippen LogP contribution is -2.26. The molecule has 0 bridgehead atoms. The zero-order chi connectivity index (χ0) is 15.7. The van der Waals surface area contributed by atoms with Crippen LogP contribution in [0.2, 0.25) is 0 Å². The molecule has 1 unspecified atom stereocenters. The maximum absolute atomic E-state index is 12.5. The number of amides is 1. The molecule has 2 aromatic carbocycles. The maximum atomic E-state index is 12.5. The van der Waals surface area contributed by atoms with E-state index in [2.05, 4.69) is 36.3 Å². The molecule has 1 atom stereocenters. The molecule has 3 rings (SSSR count). The molecule has 3 nitrogen and oxygen atoms in total. The summed E-state index contributed by atoms with van der Waals surface area (Å²) in [5, 5.41) is 4.14. The Morgan fingerprint density at radius 1 is 1.09 bits per heavy atom.